The second-order valence-electron chi connectivity index (χ2n) is 6.38. The van der Waals surface area contributed by atoms with E-state index in [0.717, 1.165) is 40.8 Å². The van der Waals surface area contributed by atoms with Gasteiger partial charge in [0.25, 0.3) is 0 Å². The molecule has 0 saturated carbocycles. The quantitative estimate of drug-likeness (QED) is 0.448. The van der Waals surface area contributed by atoms with E-state index in [9.17, 15) is 13.2 Å². The van der Waals surface area contributed by atoms with E-state index >= 15 is 0 Å². The highest BCUT2D eigenvalue weighted by molar-refractivity contribution is 5.80. The molecule has 0 aliphatic carbocycles. The number of fused-ring (bicyclic) bond motifs is 1. The predicted molar refractivity (Wildman–Crippen MR) is 109 cm³/mol. The van der Waals surface area contributed by atoms with Crippen molar-refractivity contribution in [3.63, 3.8) is 0 Å². The maximum atomic E-state index is 12.5. The van der Waals surface area contributed by atoms with Gasteiger partial charge in [0.05, 0.1) is 11.8 Å². The van der Waals surface area contributed by atoms with E-state index in [4.69, 9.17) is 4.42 Å². The summed E-state index contributed by atoms with van der Waals surface area (Å²) < 4.78 is 43.1. The Hall–Kier alpha value is -2.79. The summed E-state index contributed by atoms with van der Waals surface area (Å²) in [6.07, 6.45) is 2.98. The molecule has 2 aromatic carbocycles. The molecule has 148 valence electrons. The number of para-hydroxylation sites is 1. The van der Waals surface area contributed by atoms with Crippen molar-refractivity contribution in [1.29, 1.82) is 0 Å². The third-order valence-electron chi connectivity index (χ3n) is 3.97. The molecule has 0 saturated heterocycles. The monoisotopic (exact) mass is 387 g/mol. The summed E-state index contributed by atoms with van der Waals surface area (Å²) in [5.74, 6) is 0. The van der Waals surface area contributed by atoms with Crippen LogP contribution in [0.3, 0.4) is 0 Å². The first-order chi connectivity index (χ1) is 13.3. The van der Waals surface area contributed by atoms with Crippen molar-refractivity contribution in [3.8, 4) is 0 Å². The molecule has 0 fully saturated rings. The molecule has 5 heteroatoms. The van der Waals surface area contributed by atoms with E-state index < -0.39 is 11.7 Å². The molecule has 28 heavy (non-hydrogen) atoms. The van der Waals surface area contributed by atoms with E-state index in [1.807, 2.05) is 50.4 Å². The second-order valence-corrected chi connectivity index (χ2v) is 6.38. The van der Waals surface area contributed by atoms with Crippen LogP contribution < -0.4 is 0 Å². The largest absolute Gasteiger partial charge is 0.464 e. The standard InChI is InChI=1S/C20H18F3NO.C3H6/c1-24(13-16-14-25-19-7-3-2-6-18(16)19)12-4-5-15-8-10-17(11-9-15)20(21,22)23;1-3-2/h2-11,14H,12-13H2,1H3;3H,1H2,2H3/b5-4+;. The minimum atomic E-state index is -4.30. The summed E-state index contributed by atoms with van der Waals surface area (Å²) in [6.45, 7) is 6.66. The smallest absolute Gasteiger partial charge is 0.416 e. The number of furan rings is 1. The molecule has 2 nitrogen and oxygen atoms in total. The lowest BCUT2D eigenvalue weighted by Gasteiger charge is -2.13. The van der Waals surface area contributed by atoms with Crippen molar-refractivity contribution < 1.29 is 17.6 Å². The third kappa shape index (κ3) is 6.13. The van der Waals surface area contributed by atoms with Gasteiger partial charge in [0.1, 0.15) is 5.58 Å². The Morgan fingerprint density at radius 1 is 1.07 bits per heavy atom. The number of alkyl halides is 3. The molecular weight excluding hydrogens is 363 g/mol. The lowest BCUT2D eigenvalue weighted by Crippen LogP contribution is -2.17. The van der Waals surface area contributed by atoms with Crippen LogP contribution in [0.25, 0.3) is 17.0 Å². The van der Waals surface area contributed by atoms with E-state index in [2.05, 4.69) is 11.5 Å². The van der Waals surface area contributed by atoms with Gasteiger partial charge in [-0.2, -0.15) is 13.2 Å². The molecule has 3 aromatic rings. The fourth-order valence-electron chi connectivity index (χ4n) is 2.66. The average Bonchev–Trinajstić information content (AvgIpc) is 3.05. The average molecular weight is 387 g/mol. The summed E-state index contributed by atoms with van der Waals surface area (Å²) in [4.78, 5) is 2.11. The van der Waals surface area contributed by atoms with E-state index in [1.54, 1.807) is 12.3 Å². The number of rotatable bonds is 5. The molecule has 0 N–H and O–H groups in total. The minimum Gasteiger partial charge on any atom is -0.464 e. The number of benzene rings is 2. The van der Waals surface area contributed by atoms with Crippen LogP contribution in [0.15, 0.2) is 77.9 Å². The van der Waals surface area contributed by atoms with Crippen molar-refractivity contribution >= 4 is 17.0 Å². The SMILES string of the molecule is C=CC.CN(C/C=C/c1ccc(C(F)(F)F)cc1)Cc1coc2ccccc12. The molecule has 1 heterocycles. The van der Waals surface area contributed by atoms with Gasteiger partial charge >= 0.3 is 6.18 Å². The lowest BCUT2D eigenvalue weighted by atomic mass is 10.1. The predicted octanol–water partition coefficient (Wildman–Crippen LogP) is 6.79. The van der Waals surface area contributed by atoms with Crippen molar-refractivity contribution in [2.75, 3.05) is 13.6 Å². The van der Waals surface area contributed by atoms with Gasteiger partial charge in [0.2, 0.25) is 0 Å². The number of likely N-dealkylation sites (N-methyl/N-ethyl adjacent to an activating group) is 1. The van der Waals surface area contributed by atoms with Crippen LogP contribution in [0.4, 0.5) is 13.2 Å². The lowest BCUT2D eigenvalue weighted by molar-refractivity contribution is -0.137. The maximum Gasteiger partial charge on any atom is 0.416 e. The minimum absolute atomic E-state index is 0.631. The highest BCUT2D eigenvalue weighted by atomic mass is 19.4. The molecule has 0 unspecified atom stereocenters. The molecule has 0 atom stereocenters. The van der Waals surface area contributed by atoms with E-state index in [-0.39, 0.29) is 0 Å². The third-order valence-corrected chi connectivity index (χ3v) is 3.97. The fourth-order valence-corrected chi connectivity index (χ4v) is 2.66. The number of hydrogen-bond acceptors (Lipinski definition) is 2. The van der Waals surface area contributed by atoms with E-state index in [1.165, 1.54) is 12.1 Å². The molecule has 1 aromatic heterocycles. The Bertz CT molecular complexity index is 907. The van der Waals surface area contributed by atoms with Gasteiger partial charge in [0.15, 0.2) is 0 Å². The molecule has 3 rings (SSSR count). The normalized spacial score (nSPS) is 11.6. The first kappa shape index (κ1) is 21.5. The van der Waals surface area contributed by atoms with Crippen molar-refractivity contribution in [2.45, 2.75) is 19.6 Å². The van der Waals surface area contributed by atoms with Crippen LogP contribution in [0, 0.1) is 0 Å². The molecule has 0 aliphatic heterocycles. The molecular formula is C23H24F3NO. The van der Waals surface area contributed by atoms with Crippen molar-refractivity contribution in [2.24, 2.45) is 0 Å². The van der Waals surface area contributed by atoms with Gasteiger partial charge in [-0.05, 0) is 37.7 Å². The zero-order valence-electron chi connectivity index (χ0n) is 16.0. The second kappa shape index (κ2) is 9.95. The Kier molecular flexibility index (Phi) is 7.64. The van der Waals surface area contributed by atoms with E-state index in [0.29, 0.717) is 6.54 Å². The summed E-state index contributed by atoms with van der Waals surface area (Å²) in [5, 5.41) is 1.10. The van der Waals surface area contributed by atoms with Gasteiger partial charge in [-0.1, -0.05) is 48.6 Å². The van der Waals surface area contributed by atoms with Gasteiger partial charge in [-0.25, -0.2) is 0 Å². The zero-order valence-corrected chi connectivity index (χ0v) is 16.0. The van der Waals surface area contributed by atoms with Gasteiger partial charge < -0.3 is 4.42 Å². The summed E-state index contributed by atoms with van der Waals surface area (Å²) in [6, 6.07) is 13.0. The Morgan fingerprint density at radius 2 is 1.71 bits per heavy atom. The Labute approximate surface area is 163 Å². The van der Waals surface area contributed by atoms with Crippen LogP contribution in [0.1, 0.15) is 23.6 Å². The Balaban J connectivity index is 0.000000878. The van der Waals surface area contributed by atoms with Crippen LogP contribution in [0.5, 0.6) is 0 Å². The highest BCUT2D eigenvalue weighted by Gasteiger charge is 2.29. The van der Waals surface area contributed by atoms with Crippen LogP contribution in [-0.2, 0) is 12.7 Å². The first-order valence-electron chi connectivity index (χ1n) is 8.89. The number of halogens is 3. The highest BCUT2D eigenvalue weighted by Crippen LogP contribution is 2.29. The first-order valence-corrected chi connectivity index (χ1v) is 8.89. The summed E-state index contributed by atoms with van der Waals surface area (Å²) >= 11 is 0. The van der Waals surface area contributed by atoms with Crippen molar-refractivity contribution in [3.05, 3.63) is 90.2 Å². The van der Waals surface area contributed by atoms with Gasteiger partial charge in [-0.15, -0.1) is 6.58 Å². The molecule has 0 radical (unpaired) electrons. The molecule has 0 aliphatic rings. The number of allylic oxidation sites excluding steroid dienone is 1. The molecule has 0 amide bonds. The number of nitrogens with zero attached hydrogens (tertiary/aromatic N) is 1. The summed E-state index contributed by atoms with van der Waals surface area (Å²) in [5.41, 5.74) is 2.09. The topological polar surface area (TPSA) is 16.4 Å². The molecule has 0 bridgehead atoms. The van der Waals surface area contributed by atoms with Crippen LogP contribution in [-0.4, -0.2) is 18.5 Å². The fraction of sp³-hybridized carbons (Fsp3) is 0.217. The van der Waals surface area contributed by atoms with Gasteiger partial charge in [-0.3, -0.25) is 4.90 Å². The maximum absolute atomic E-state index is 12.5. The van der Waals surface area contributed by atoms with Crippen LogP contribution >= 0.6 is 0 Å². The Morgan fingerprint density at radius 3 is 2.36 bits per heavy atom. The van der Waals surface area contributed by atoms with Crippen LogP contribution in [0.2, 0.25) is 0 Å². The number of hydrogen-bond donors (Lipinski definition) is 0. The van der Waals surface area contributed by atoms with Gasteiger partial charge in [0, 0.05) is 24.0 Å². The molecule has 0 spiro atoms. The zero-order chi connectivity index (χ0) is 20.6. The van der Waals surface area contributed by atoms with Crippen molar-refractivity contribution in [1.82, 2.24) is 4.90 Å². The summed E-state index contributed by atoms with van der Waals surface area (Å²) in [7, 11) is 1.98.